The van der Waals surface area contributed by atoms with Gasteiger partial charge < -0.3 is 5.32 Å². The van der Waals surface area contributed by atoms with Crippen LogP contribution in [-0.2, 0) is 6.42 Å². The molecule has 1 aliphatic carbocycles. The maximum absolute atomic E-state index is 11.5. The summed E-state index contributed by atoms with van der Waals surface area (Å²) >= 11 is 0. The fourth-order valence-corrected chi connectivity index (χ4v) is 4.21. The number of anilines is 1. The first-order valence-corrected chi connectivity index (χ1v) is 8.49. The summed E-state index contributed by atoms with van der Waals surface area (Å²) < 4.78 is 0. The van der Waals surface area contributed by atoms with Gasteiger partial charge in [0.1, 0.15) is 0 Å². The average Bonchev–Trinajstić information content (AvgIpc) is 3.10. The zero-order valence-electron chi connectivity index (χ0n) is 13.6. The minimum Gasteiger partial charge on any atom is -0.377 e. The van der Waals surface area contributed by atoms with E-state index in [-0.39, 0.29) is 16.7 Å². The topological polar surface area (TPSA) is 55.2 Å². The van der Waals surface area contributed by atoms with Crippen LogP contribution in [0, 0.1) is 16.0 Å². The second kappa shape index (κ2) is 5.78. The fraction of sp³-hybridized carbons (Fsp3) is 0.300. The molecule has 2 aliphatic rings. The number of nitro benzene ring substituents is 1. The molecule has 4 rings (SSSR count). The Bertz CT molecular complexity index is 828. The molecular weight excluding hydrogens is 300 g/mol. The third-order valence-electron chi connectivity index (χ3n) is 5.33. The molecule has 2 aromatic carbocycles. The zero-order valence-corrected chi connectivity index (χ0v) is 13.6. The highest BCUT2D eigenvalue weighted by atomic mass is 16.6. The number of nitrogens with one attached hydrogen (secondary N) is 1. The highest BCUT2D eigenvalue weighted by Gasteiger charge is 2.40. The summed E-state index contributed by atoms with van der Waals surface area (Å²) in [5.74, 6) is 0.656. The van der Waals surface area contributed by atoms with Gasteiger partial charge in [-0.15, -0.1) is 0 Å². The normalized spacial score (nSPS) is 24.1. The summed E-state index contributed by atoms with van der Waals surface area (Å²) in [4.78, 5) is 11.2. The molecular formula is C20H20N2O2. The van der Waals surface area contributed by atoms with E-state index in [0.717, 1.165) is 24.1 Å². The van der Waals surface area contributed by atoms with Crippen LogP contribution < -0.4 is 5.32 Å². The van der Waals surface area contributed by atoms with Crippen molar-refractivity contribution in [2.45, 2.75) is 31.7 Å². The molecule has 3 atom stereocenters. The zero-order chi connectivity index (χ0) is 16.7. The minimum atomic E-state index is -0.268. The predicted octanol–water partition coefficient (Wildman–Crippen LogP) is 4.98. The van der Waals surface area contributed by atoms with E-state index in [4.69, 9.17) is 0 Å². The molecule has 0 aromatic heterocycles. The van der Waals surface area contributed by atoms with E-state index in [1.54, 1.807) is 12.1 Å². The van der Waals surface area contributed by atoms with Crippen LogP contribution in [0.1, 0.15) is 42.0 Å². The smallest absolute Gasteiger partial charge is 0.274 e. The van der Waals surface area contributed by atoms with Crippen LogP contribution in [-0.4, -0.2) is 4.92 Å². The molecule has 1 heterocycles. The Morgan fingerprint density at radius 2 is 1.96 bits per heavy atom. The SMILES string of the molecule is CCc1cccc2c1N[C@H](c1ccccc1[N+](=O)[O-])[C@H]1CC=C[C@@H]21. The van der Waals surface area contributed by atoms with Crippen molar-refractivity contribution in [3.05, 3.63) is 81.4 Å². The molecule has 24 heavy (non-hydrogen) atoms. The number of benzene rings is 2. The average molecular weight is 320 g/mol. The van der Waals surface area contributed by atoms with Crippen molar-refractivity contribution in [3.63, 3.8) is 0 Å². The molecule has 0 amide bonds. The third kappa shape index (κ3) is 2.21. The summed E-state index contributed by atoms with van der Waals surface area (Å²) in [5.41, 5.74) is 4.75. The molecule has 0 saturated carbocycles. The molecule has 1 N–H and O–H groups in total. The molecule has 4 nitrogen and oxygen atoms in total. The number of rotatable bonds is 3. The van der Waals surface area contributed by atoms with Gasteiger partial charge in [0.25, 0.3) is 5.69 Å². The third-order valence-corrected chi connectivity index (χ3v) is 5.33. The van der Waals surface area contributed by atoms with Crippen LogP contribution in [0.4, 0.5) is 11.4 Å². The van der Waals surface area contributed by atoms with Gasteiger partial charge >= 0.3 is 0 Å². The predicted molar refractivity (Wildman–Crippen MR) is 95.3 cm³/mol. The number of nitro groups is 1. The molecule has 0 saturated heterocycles. The Morgan fingerprint density at radius 3 is 2.75 bits per heavy atom. The number of hydrogen-bond donors (Lipinski definition) is 1. The van der Waals surface area contributed by atoms with Gasteiger partial charge in [0, 0.05) is 17.7 Å². The maximum Gasteiger partial charge on any atom is 0.274 e. The van der Waals surface area contributed by atoms with Crippen molar-refractivity contribution in [2.24, 2.45) is 5.92 Å². The van der Waals surface area contributed by atoms with Gasteiger partial charge in [-0.2, -0.15) is 0 Å². The number of para-hydroxylation sites is 2. The van der Waals surface area contributed by atoms with Gasteiger partial charge in [0.2, 0.25) is 0 Å². The summed E-state index contributed by atoms with van der Waals surface area (Å²) in [5, 5.41) is 15.1. The summed E-state index contributed by atoms with van der Waals surface area (Å²) in [6, 6.07) is 13.5. The molecule has 2 aromatic rings. The Hall–Kier alpha value is -2.62. The number of nitrogens with zero attached hydrogens (tertiary/aromatic N) is 1. The van der Waals surface area contributed by atoms with E-state index in [1.807, 2.05) is 12.1 Å². The van der Waals surface area contributed by atoms with E-state index >= 15 is 0 Å². The first-order chi connectivity index (χ1) is 11.7. The monoisotopic (exact) mass is 320 g/mol. The lowest BCUT2D eigenvalue weighted by molar-refractivity contribution is -0.385. The van der Waals surface area contributed by atoms with Gasteiger partial charge in [-0.25, -0.2) is 0 Å². The second-order valence-corrected chi connectivity index (χ2v) is 6.53. The first-order valence-electron chi connectivity index (χ1n) is 8.49. The van der Waals surface area contributed by atoms with E-state index in [0.29, 0.717) is 11.8 Å². The van der Waals surface area contributed by atoms with Gasteiger partial charge in [0.05, 0.1) is 16.5 Å². The standard InChI is InChI=1S/C20H20N2O2/c1-2-13-7-5-10-15-14-9-6-11-16(14)20(21-19(13)15)17-8-3-4-12-18(17)22(23)24/h3-10,12,14,16,20-21H,2,11H2,1H3/t14-,16-,20-/m0/s1. The lowest BCUT2D eigenvalue weighted by Crippen LogP contribution is -2.30. The molecule has 4 heteroatoms. The van der Waals surface area contributed by atoms with Gasteiger partial charge in [-0.05, 0) is 29.9 Å². The van der Waals surface area contributed by atoms with Crippen LogP contribution in [0.25, 0.3) is 0 Å². The van der Waals surface area contributed by atoms with Crippen LogP contribution in [0.15, 0.2) is 54.6 Å². The molecule has 0 radical (unpaired) electrons. The molecule has 0 spiro atoms. The quantitative estimate of drug-likeness (QED) is 0.493. The van der Waals surface area contributed by atoms with Gasteiger partial charge in [-0.3, -0.25) is 10.1 Å². The van der Waals surface area contributed by atoms with Crippen LogP contribution in [0.2, 0.25) is 0 Å². The number of hydrogen-bond acceptors (Lipinski definition) is 3. The van der Waals surface area contributed by atoms with Crippen molar-refractivity contribution in [2.75, 3.05) is 5.32 Å². The fourth-order valence-electron chi connectivity index (χ4n) is 4.21. The van der Waals surface area contributed by atoms with Crippen molar-refractivity contribution in [3.8, 4) is 0 Å². The highest BCUT2D eigenvalue weighted by Crippen LogP contribution is 2.51. The Kier molecular flexibility index (Phi) is 3.60. The summed E-state index contributed by atoms with van der Waals surface area (Å²) in [6.45, 7) is 2.15. The number of aryl methyl sites for hydroxylation is 1. The largest absolute Gasteiger partial charge is 0.377 e. The molecule has 0 fully saturated rings. The van der Waals surface area contributed by atoms with E-state index in [9.17, 15) is 10.1 Å². The molecule has 1 aliphatic heterocycles. The van der Waals surface area contributed by atoms with E-state index in [2.05, 4.69) is 42.6 Å². The number of allylic oxidation sites excluding steroid dienone is 2. The van der Waals surface area contributed by atoms with Crippen molar-refractivity contribution in [1.29, 1.82) is 0 Å². The first kappa shape index (κ1) is 14.9. The number of fused-ring (bicyclic) bond motifs is 3. The van der Waals surface area contributed by atoms with Crippen molar-refractivity contribution >= 4 is 11.4 Å². The van der Waals surface area contributed by atoms with E-state index < -0.39 is 0 Å². The van der Waals surface area contributed by atoms with Crippen LogP contribution >= 0.6 is 0 Å². The Balaban J connectivity index is 1.86. The molecule has 122 valence electrons. The maximum atomic E-state index is 11.5. The van der Waals surface area contributed by atoms with Crippen LogP contribution in [0.3, 0.4) is 0 Å². The van der Waals surface area contributed by atoms with Gasteiger partial charge in [0.15, 0.2) is 0 Å². The second-order valence-electron chi connectivity index (χ2n) is 6.53. The van der Waals surface area contributed by atoms with Crippen molar-refractivity contribution in [1.82, 2.24) is 0 Å². The Morgan fingerprint density at radius 1 is 1.17 bits per heavy atom. The molecule has 0 bridgehead atoms. The van der Waals surface area contributed by atoms with Crippen molar-refractivity contribution < 1.29 is 4.92 Å². The summed E-state index contributed by atoms with van der Waals surface area (Å²) in [6.07, 6.45) is 6.38. The summed E-state index contributed by atoms with van der Waals surface area (Å²) in [7, 11) is 0. The van der Waals surface area contributed by atoms with Crippen LogP contribution in [0.5, 0.6) is 0 Å². The minimum absolute atomic E-state index is 0.0354. The van der Waals surface area contributed by atoms with E-state index in [1.165, 1.54) is 11.1 Å². The Labute approximate surface area is 141 Å². The highest BCUT2D eigenvalue weighted by molar-refractivity contribution is 5.65. The lowest BCUT2D eigenvalue weighted by atomic mass is 9.76. The molecule has 0 unspecified atom stereocenters. The lowest BCUT2D eigenvalue weighted by Gasteiger charge is -2.38. The van der Waals surface area contributed by atoms with Gasteiger partial charge in [-0.1, -0.05) is 55.5 Å².